The second-order valence-electron chi connectivity index (χ2n) is 4.13. The predicted octanol–water partition coefficient (Wildman–Crippen LogP) is 2.47. The molecule has 1 heterocycles. The Kier molecular flexibility index (Phi) is 3.78. The van der Waals surface area contributed by atoms with Crippen molar-refractivity contribution < 1.29 is 9.13 Å². The van der Waals surface area contributed by atoms with E-state index >= 15 is 0 Å². The second-order valence-corrected chi connectivity index (χ2v) is 4.13. The SMILES string of the molecule is CCOc1ccc(CCN2CCC2)c(F)c1. The molecule has 16 heavy (non-hydrogen) atoms. The van der Waals surface area contributed by atoms with Crippen LogP contribution in [0.5, 0.6) is 5.75 Å². The van der Waals surface area contributed by atoms with Crippen molar-refractivity contribution in [3.63, 3.8) is 0 Å². The molecule has 2 nitrogen and oxygen atoms in total. The first-order valence-corrected chi connectivity index (χ1v) is 5.93. The normalized spacial score (nSPS) is 15.9. The fraction of sp³-hybridized carbons (Fsp3) is 0.538. The van der Waals surface area contributed by atoms with Gasteiger partial charge in [-0.1, -0.05) is 6.07 Å². The molecule has 1 fully saturated rings. The number of benzene rings is 1. The van der Waals surface area contributed by atoms with E-state index in [0.717, 1.165) is 18.5 Å². The van der Waals surface area contributed by atoms with Crippen LogP contribution in [0.4, 0.5) is 4.39 Å². The Bertz CT molecular complexity index is 350. The summed E-state index contributed by atoms with van der Waals surface area (Å²) in [6, 6.07) is 5.16. The van der Waals surface area contributed by atoms with Gasteiger partial charge in [-0.3, -0.25) is 0 Å². The zero-order chi connectivity index (χ0) is 11.4. The van der Waals surface area contributed by atoms with Crippen molar-refractivity contribution in [1.82, 2.24) is 4.90 Å². The van der Waals surface area contributed by atoms with Gasteiger partial charge in [0.25, 0.3) is 0 Å². The van der Waals surface area contributed by atoms with Crippen molar-refractivity contribution in [2.45, 2.75) is 19.8 Å². The van der Waals surface area contributed by atoms with Crippen LogP contribution in [0.25, 0.3) is 0 Å². The van der Waals surface area contributed by atoms with Gasteiger partial charge in [-0.25, -0.2) is 4.39 Å². The van der Waals surface area contributed by atoms with Crippen LogP contribution in [0, 0.1) is 5.82 Å². The van der Waals surface area contributed by atoms with Gasteiger partial charge in [0.15, 0.2) is 0 Å². The standard InChI is InChI=1S/C13H18FNO/c1-2-16-12-5-4-11(13(14)10-12)6-9-15-7-3-8-15/h4-5,10H,2-3,6-9H2,1H3. The quantitative estimate of drug-likeness (QED) is 0.760. The van der Waals surface area contributed by atoms with Crippen LogP contribution in [0.3, 0.4) is 0 Å². The maximum atomic E-state index is 13.6. The van der Waals surface area contributed by atoms with Gasteiger partial charge in [0.1, 0.15) is 11.6 Å². The van der Waals surface area contributed by atoms with Crippen LogP contribution in [0.1, 0.15) is 18.9 Å². The predicted molar refractivity (Wildman–Crippen MR) is 62.3 cm³/mol. The molecule has 0 aliphatic carbocycles. The summed E-state index contributed by atoms with van der Waals surface area (Å²) in [6.07, 6.45) is 2.07. The van der Waals surface area contributed by atoms with Crippen LogP contribution in [0.2, 0.25) is 0 Å². The van der Waals surface area contributed by atoms with E-state index in [1.807, 2.05) is 19.1 Å². The first kappa shape index (κ1) is 11.4. The summed E-state index contributed by atoms with van der Waals surface area (Å²) in [7, 11) is 0. The van der Waals surface area contributed by atoms with Gasteiger partial charge in [0.05, 0.1) is 6.61 Å². The highest BCUT2D eigenvalue weighted by Gasteiger charge is 2.14. The van der Waals surface area contributed by atoms with Crippen LogP contribution >= 0.6 is 0 Å². The summed E-state index contributed by atoms with van der Waals surface area (Å²) in [4.78, 5) is 2.34. The molecule has 0 unspecified atom stereocenters. The molecule has 1 aromatic rings. The summed E-state index contributed by atoms with van der Waals surface area (Å²) in [5.74, 6) is 0.471. The third-order valence-electron chi connectivity index (χ3n) is 2.98. The molecule has 88 valence electrons. The number of likely N-dealkylation sites (tertiary alicyclic amines) is 1. The van der Waals surface area contributed by atoms with Gasteiger partial charge in [0.2, 0.25) is 0 Å². The van der Waals surface area contributed by atoms with Crippen LogP contribution < -0.4 is 4.74 Å². The molecule has 1 aromatic carbocycles. The van der Waals surface area contributed by atoms with E-state index in [2.05, 4.69) is 4.90 Å². The molecule has 0 spiro atoms. The Balaban J connectivity index is 1.92. The Morgan fingerprint density at radius 1 is 1.38 bits per heavy atom. The molecule has 0 amide bonds. The van der Waals surface area contributed by atoms with Crippen LogP contribution in [0.15, 0.2) is 18.2 Å². The number of ether oxygens (including phenoxy) is 1. The monoisotopic (exact) mass is 223 g/mol. The highest BCUT2D eigenvalue weighted by molar-refractivity contribution is 5.29. The summed E-state index contributed by atoms with van der Waals surface area (Å²) < 4.78 is 18.9. The summed E-state index contributed by atoms with van der Waals surface area (Å²) >= 11 is 0. The number of nitrogens with zero attached hydrogens (tertiary/aromatic N) is 1. The maximum absolute atomic E-state index is 13.6. The van der Waals surface area contributed by atoms with Gasteiger partial charge in [0, 0.05) is 12.6 Å². The van der Waals surface area contributed by atoms with E-state index in [9.17, 15) is 4.39 Å². The third kappa shape index (κ3) is 2.73. The Hall–Kier alpha value is -1.09. The fourth-order valence-electron chi connectivity index (χ4n) is 1.87. The lowest BCUT2D eigenvalue weighted by atomic mass is 10.1. The Morgan fingerprint density at radius 3 is 2.75 bits per heavy atom. The molecule has 0 bridgehead atoms. The number of hydrogen-bond donors (Lipinski definition) is 0. The van der Waals surface area contributed by atoms with Gasteiger partial charge in [-0.15, -0.1) is 0 Å². The van der Waals surface area contributed by atoms with Crippen molar-refractivity contribution in [1.29, 1.82) is 0 Å². The lowest BCUT2D eigenvalue weighted by Gasteiger charge is -2.30. The molecule has 0 aromatic heterocycles. The van der Waals surface area contributed by atoms with E-state index in [0.29, 0.717) is 12.4 Å². The average Bonchev–Trinajstić information content (AvgIpc) is 2.19. The van der Waals surface area contributed by atoms with Gasteiger partial charge >= 0.3 is 0 Å². The summed E-state index contributed by atoms with van der Waals surface area (Å²) in [5.41, 5.74) is 0.787. The molecule has 2 rings (SSSR count). The maximum Gasteiger partial charge on any atom is 0.130 e. The highest BCUT2D eigenvalue weighted by atomic mass is 19.1. The number of rotatable bonds is 5. The summed E-state index contributed by atoms with van der Waals surface area (Å²) in [5, 5.41) is 0. The second kappa shape index (κ2) is 5.30. The summed E-state index contributed by atoms with van der Waals surface area (Å²) in [6.45, 7) is 5.77. The molecular weight excluding hydrogens is 205 g/mol. The fourth-order valence-corrected chi connectivity index (χ4v) is 1.87. The molecule has 1 aliphatic rings. The smallest absolute Gasteiger partial charge is 0.130 e. The van der Waals surface area contributed by atoms with Crippen molar-refractivity contribution in [2.24, 2.45) is 0 Å². The van der Waals surface area contributed by atoms with E-state index in [-0.39, 0.29) is 5.82 Å². The van der Waals surface area contributed by atoms with E-state index in [1.54, 1.807) is 0 Å². The molecule has 0 N–H and O–H groups in total. The Labute approximate surface area is 96.0 Å². The molecule has 0 saturated carbocycles. The van der Waals surface area contributed by atoms with Crippen LogP contribution in [-0.4, -0.2) is 31.1 Å². The van der Waals surface area contributed by atoms with Gasteiger partial charge < -0.3 is 9.64 Å². The molecule has 1 saturated heterocycles. The van der Waals surface area contributed by atoms with Crippen molar-refractivity contribution in [2.75, 3.05) is 26.2 Å². The Morgan fingerprint density at radius 2 is 2.19 bits per heavy atom. The molecule has 0 radical (unpaired) electrons. The molecule has 1 aliphatic heterocycles. The minimum absolute atomic E-state index is 0.147. The molecule has 0 atom stereocenters. The number of halogens is 1. The van der Waals surface area contributed by atoms with Gasteiger partial charge in [-0.2, -0.15) is 0 Å². The van der Waals surface area contributed by atoms with Crippen molar-refractivity contribution >= 4 is 0 Å². The van der Waals surface area contributed by atoms with Crippen LogP contribution in [-0.2, 0) is 6.42 Å². The largest absolute Gasteiger partial charge is 0.494 e. The lowest BCUT2D eigenvalue weighted by Crippen LogP contribution is -2.38. The minimum atomic E-state index is -0.147. The van der Waals surface area contributed by atoms with Crippen molar-refractivity contribution in [3.05, 3.63) is 29.6 Å². The van der Waals surface area contributed by atoms with E-state index in [4.69, 9.17) is 4.74 Å². The van der Waals surface area contributed by atoms with Crippen molar-refractivity contribution in [3.8, 4) is 5.75 Å². The van der Waals surface area contributed by atoms with Gasteiger partial charge in [-0.05, 0) is 44.5 Å². The zero-order valence-electron chi connectivity index (χ0n) is 9.71. The highest BCUT2D eigenvalue weighted by Crippen LogP contribution is 2.18. The zero-order valence-corrected chi connectivity index (χ0v) is 9.71. The van der Waals surface area contributed by atoms with E-state index in [1.165, 1.54) is 25.6 Å². The topological polar surface area (TPSA) is 12.5 Å². The lowest BCUT2D eigenvalue weighted by molar-refractivity contribution is 0.183. The molecule has 3 heteroatoms. The average molecular weight is 223 g/mol. The first-order valence-electron chi connectivity index (χ1n) is 5.93. The number of hydrogen-bond acceptors (Lipinski definition) is 2. The molecular formula is C13H18FNO. The minimum Gasteiger partial charge on any atom is -0.494 e. The van der Waals surface area contributed by atoms with E-state index < -0.39 is 0 Å². The third-order valence-corrected chi connectivity index (χ3v) is 2.98. The first-order chi connectivity index (χ1) is 7.79.